The quantitative estimate of drug-likeness (QED) is 0.492. The zero-order chi connectivity index (χ0) is 22.1. The number of carbonyl (C=O) groups excluding carboxylic acids is 1. The summed E-state index contributed by atoms with van der Waals surface area (Å²) in [4.78, 5) is 31.6. The lowest BCUT2D eigenvalue weighted by Gasteiger charge is -2.45. The number of hydrogen-bond acceptors (Lipinski definition) is 6. The van der Waals surface area contributed by atoms with Gasteiger partial charge in [-0.1, -0.05) is 0 Å². The molecule has 9 nitrogen and oxygen atoms in total. The van der Waals surface area contributed by atoms with E-state index in [-0.39, 0.29) is 16.7 Å². The Kier molecular flexibility index (Phi) is 6.34. The maximum absolute atomic E-state index is 13.4. The number of carboxylic acid groups (broad SMARTS) is 1. The number of aliphatic hydroxyl groups is 1. The summed E-state index contributed by atoms with van der Waals surface area (Å²) in [7, 11) is 0. The number of rotatable bonds is 4. The highest BCUT2D eigenvalue weighted by molar-refractivity contribution is 9.10. The van der Waals surface area contributed by atoms with Gasteiger partial charge in [-0.05, 0) is 48.0 Å². The third kappa shape index (κ3) is 4.58. The summed E-state index contributed by atoms with van der Waals surface area (Å²) in [6.45, 7) is 3.14. The predicted octanol–water partition coefficient (Wildman–Crippen LogP) is 2.87. The minimum Gasteiger partial charge on any atom is -0.465 e. The smallest absolute Gasteiger partial charge is 0.404 e. The van der Waals surface area contributed by atoms with Crippen molar-refractivity contribution in [1.29, 1.82) is 0 Å². The molecule has 4 N–H and O–H groups in total. The van der Waals surface area contributed by atoms with E-state index < -0.39 is 41.7 Å². The summed E-state index contributed by atoms with van der Waals surface area (Å²) in [5, 5.41) is 24.8. The highest BCUT2D eigenvalue weighted by atomic mass is 79.9. The first-order valence-corrected chi connectivity index (χ1v) is 9.83. The fourth-order valence-corrected chi connectivity index (χ4v) is 3.57. The minimum absolute atomic E-state index is 0.00985. The number of pyridine rings is 2. The Hall–Kier alpha value is -2.63. The number of nitrogens with zero attached hydrogens (tertiary/aromatic N) is 2. The molecule has 1 saturated heterocycles. The first kappa shape index (κ1) is 22.1. The average molecular weight is 483 g/mol. The van der Waals surface area contributed by atoms with Gasteiger partial charge < -0.3 is 25.6 Å². The van der Waals surface area contributed by atoms with Gasteiger partial charge in [0.25, 0.3) is 5.91 Å². The van der Waals surface area contributed by atoms with Crippen molar-refractivity contribution >= 4 is 33.6 Å². The van der Waals surface area contributed by atoms with Crippen LogP contribution in [0, 0.1) is 5.82 Å². The second kappa shape index (κ2) is 8.62. The number of aromatic nitrogens is 2. The summed E-state index contributed by atoms with van der Waals surface area (Å²) in [5.74, 6) is -1.18. The van der Waals surface area contributed by atoms with Crippen molar-refractivity contribution in [2.45, 2.75) is 44.1 Å². The molecule has 0 aliphatic carbocycles. The zero-order valence-corrected chi connectivity index (χ0v) is 17.7. The molecule has 0 aromatic carbocycles. The number of amides is 2. The van der Waals surface area contributed by atoms with Crippen LogP contribution < -0.4 is 10.6 Å². The van der Waals surface area contributed by atoms with E-state index in [0.29, 0.717) is 11.3 Å². The van der Waals surface area contributed by atoms with Gasteiger partial charge in [-0.3, -0.25) is 9.78 Å². The van der Waals surface area contributed by atoms with Crippen LogP contribution in [0.2, 0.25) is 0 Å². The number of anilines is 1. The lowest BCUT2D eigenvalue weighted by molar-refractivity contribution is -0.176. The lowest BCUT2D eigenvalue weighted by atomic mass is 9.82. The van der Waals surface area contributed by atoms with Crippen LogP contribution in [0.3, 0.4) is 0 Å². The molecule has 1 unspecified atom stereocenters. The monoisotopic (exact) mass is 482 g/mol. The highest BCUT2D eigenvalue weighted by Crippen LogP contribution is 2.39. The van der Waals surface area contributed by atoms with Crippen LogP contribution in [-0.2, 0) is 4.74 Å². The van der Waals surface area contributed by atoms with Crippen molar-refractivity contribution < 1.29 is 28.9 Å². The average Bonchev–Trinajstić information content (AvgIpc) is 2.68. The van der Waals surface area contributed by atoms with Gasteiger partial charge in [0, 0.05) is 18.2 Å². The molecule has 2 aromatic heterocycles. The molecule has 1 fully saturated rings. The number of hydrogen-bond donors (Lipinski definition) is 4. The van der Waals surface area contributed by atoms with Crippen LogP contribution in [0.25, 0.3) is 0 Å². The third-order valence-electron chi connectivity index (χ3n) is 5.13. The van der Waals surface area contributed by atoms with Gasteiger partial charge in [-0.25, -0.2) is 14.2 Å². The Balaban J connectivity index is 1.86. The molecule has 160 valence electrons. The highest BCUT2D eigenvalue weighted by Gasteiger charge is 2.46. The van der Waals surface area contributed by atoms with Gasteiger partial charge in [0.2, 0.25) is 0 Å². The van der Waals surface area contributed by atoms with Crippen molar-refractivity contribution in [2.75, 3.05) is 5.32 Å². The van der Waals surface area contributed by atoms with Crippen molar-refractivity contribution in [1.82, 2.24) is 15.3 Å². The fourth-order valence-electron chi connectivity index (χ4n) is 3.25. The Morgan fingerprint density at radius 1 is 1.37 bits per heavy atom. The third-order valence-corrected chi connectivity index (χ3v) is 5.69. The van der Waals surface area contributed by atoms with Crippen LogP contribution in [0.5, 0.6) is 0 Å². The first-order valence-electron chi connectivity index (χ1n) is 9.04. The van der Waals surface area contributed by atoms with E-state index in [1.54, 1.807) is 13.0 Å². The van der Waals surface area contributed by atoms with E-state index in [2.05, 4.69) is 36.5 Å². The molecule has 0 radical (unpaired) electrons. The molecule has 30 heavy (non-hydrogen) atoms. The molecular weight excluding hydrogens is 463 g/mol. The second-order valence-electron chi connectivity index (χ2n) is 7.12. The summed E-state index contributed by atoms with van der Waals surface area (Å²) >= 11 is 2.94. The van der Waals surface area contributed by atoms with Crippen molar-refractivity contribution in [2.24, 2.45) is 0 Å². The van der Waals surface area contributed by atoms with Crippen LogP contribution in [-0.4, -0.2) is 49.9 Å². The molecule has 1 aliphatic rings. The van der Waals surface area contributed by atoms with E-state index in [0.717, 1.165) is 6.07 Å². The Morgan fingerprint density at radius 3 is 2.77 bits per heavy atom. The van der Waals surface area contributed by atoms with Gasteiger partial charge >= 0.3 is 6.09 Å². The van der Waals surface area contributed by atoms with Crippen LogP contribution >= 0.6 is 15.9 Å². The van der Waals surface area contributed by atoms with Gasteiger partial charge in [0.15, 0.2) is 5.82 Å². The first-order chi connectivity index (χ1) is 14.1. The number of halogens is 2. The second-order valence-corrected chi connectivity index (χ2v) is 7.87. The van der Waals surface area contributed by atoms with E-state index in [4.69, 9.17) is 9.84 Å². The largest absolute Gasteiger partial charge is 0.465 e. The molecule has 0 saturated carbocycles. The molecule has 0 bridgehead atoms. The number of carbonyl (C=O) groups is 2. The topological polar surface area (TPSA) is 134 Å². The maximum atomic E-state index is 13.4. The van der Waals surface area contributed by atoms with E-state index in [1.807, 2.05) is 0 Å². The molecule has 2 amide bonds. The number of nitrogens with one attached hydrogen (secondary N) is 2. The lowest BCUT2D eigenvalue weighted by Crippen LogP contribution is -2.60. The van der Waals surface area contributed by atoms with E-state index >= 15 is 0 Å². The van der Waals surface area contributed by atoms with Gasteiger partial charge in [-0.15, -0.1) is 0 Å². The predicted molar refractivity (Wildman–Crippen MR) is 108 cm³/mol. The fraction of sp³-hybridized carbons (Fsp3) is 0.368. The summed E-state index contributed by atoms with van der Waals surface area (Å²) in [6, 6.07) is 3.20. The maximum Gasteiger partial charge on any atom is 0.404 e. The van der Waals surface area contributed by atoms with Gasteiger partial charge in [-0.2, -0.15) is 0 Å². The minimum atomic E-state index is -1.42. The number of ether oxygens (including phenoxy) is 1. The molecule has 3 heterocycles. The van der Waals surface area contributed by atoms with Crippen molar-refractivity contribution in [3.05, 3.63) is 52.3 Å². The standard InChI is InChI=1S/C19H20BrFN4O5/c1-9-19(2,29)15(25-18(27)28)7-14(30-9)10-5-6-22-8-13(10)24-17(26)12-4-3-11(21)16(20)23-12/h3-6,8-9,14-15,25,29H,7H2,1-2H3,(H,24,26)(H,27,28)/t9?,14-,15-,19-/m1/s1. The van der Waals surface area contributed by atoms with Crippen LogP contribution in [0.4, 0.5) is 14.9 Å². The SMILES string of the molecule is CC1O[C@@H](c2ccncc2NC(=O)c2ccc(F)c(Br)n2)C[C@@H](NC(=O)O)[C@]1(C)O. The molecular formula is C19H20BrFN4O5. The van der Waals surface area contributed by atoms with Gasteiger partial charge in [0.1, 0.15) is 15.9 Å². The molecule has 4 atom stereocenters. The zero-order valence-electron chi connectivity index (χ0n) is 16.1. The normalized spacial score (nSPS) is 26.1. The Labute approximate surface area is 179 Å². The molecule has 3 rings (SSSR count). The molecule has 2 aromatic rings. The molecule has 11 heteroatoms. The Bertz CT molecular complexity index is 974. The van der Waals surface area contributed by atoms with E-state index in [9.17, 15) is 19.1 Å². The summed E-state index contributed by atoms with van der Waals surface area (Å²) < 4.78 is 19.2. The molecule has 0 spiro atoms. The summed E-state index contributed by atoms with van der Waals surface area (Å²) in [5.41, 5.74) is -0.545. The van der Waals surface area contributed by atoms with Crippen molar-refractivity contribution in [3.8, 4) is 0 Å². The van der Waals surface area contributed by atoms with Crippen LogP contribution in [0.1, 0.15) is 42.4 Å². The summed E-state index contributed by atoms with van der Waals surface area (Å²) in [6.07, 6.45) is 0.494. The van der Waals surface area contributed by atoms with Crippen molar-refractivity contribution in [3.63, 3.8) is 0 Å². The van der Waals surface area contributed by atoms with Gasteiger partial charge in [0.05, 0.1) is 30.1 Å². The Morgan fingerprint density at radius 2 is 2.10 bits per heavy atom. The molecule has 1 aliphatic heterocycles. The van der Waals surface area contributed by atoms with Crippen LogP contribution in [0.15, 0.2) is 35.2 Å². The van der Waals surface area contributed by atoms with E-state index in [1.165, 1.54) is 25.4 Å².